The molecule has 0 saturated heterocycles. The summed E-state index contributed by atoms with van der Waals surface area (Å²) in [6, 6.07) is 16.4. The first-order chi connectivity index (χ1) is 13.6. The summed E-state index contributed by atoms with van der Waals surface area (Å²) < 4.78 is 19.7. The molecule has 0 radical (unpaired) electrons. The van der Waals surface area contributed by atoms with Crippen LogP contribution in [-0.2, 0) is 13.1 Å². The predicted molar refractivity (Wildman–Crippen MR) is 114 cm³/mol. The Bertz CT molecular complexity index is 950. The number of hydrogen-bond donors (Lipinski definition) is 1. The minimum absolute atomic E-state index is 0.255. The van der Waals surface area contributed by atoms with E-state index in [-0.39, 0.29) is 5.82 Å². The lowest BCUT2D eigenvalue weighted by Crippen LogP contribution is -2.34. The van der Waals surface area contributed by atoms with Gasteiger partial charge in [0.2, 0.25) is 0 Å². The fourth-order valence-corrected chi connectivity index (χ4v) is 3.08. The van der Waals surface area contributed by atoms with Gasteiger partial charge in [-0.3, -0.25) is 4.98 Å². The molecule has 0 aliphatic rings. The van der Waals surface area contributed by atoms with E-state index in [2.05, 4.69) is 10.3 Å². The molecule has 0 amide bonds. The molecular formula is C22H22FN3OS. The van der Waals surface area contributed by atoms with Gasteiger partial charge in [-0.1, -0.05) is 30.3 Å². The Balaban J connectivity index is 1.85. The summed E-state index contributed by atoms with van der Waals surface area (Å²) in [5.41, 5.74) is 3.42. The topological polar surface area (TPSA) is 37.4 Å². The van der Waals surface area contributed by atoms with Crippen molar-refractivity contribution in [1.82, 2.24) is 9.88 Å². The molecule has 0 unspecified atom stereocenters. The lowest BCUT2D eigenvalue weighted by Gasteiger charge is -2.27. The van der Waals surface area contributed by atoms with Crippen molar-refractivity contribution in [3.8, 4) is 5.75 Å². The molecule has 144 valence electrons. The Kier molecular flexibility index (Phi) is 6.55. The number of methoxy groups -OCH3 is 1. The molecule has 0 fully saturated rings. The number of anilines is 1. The Morgan fingerprint density at radius 1 is 1.14 bits per heavy atom. The van der Waals surface area contributed by atoms with Crippen LogP contribution in [0.1, 0.15) is 16.7 Å². The average Bonchev–Trinajstić information content (AvgIpc) is 2.71. The lowest BCUT2D eigenvalue weighted by atomic mass is 10.2. The molecule has 0 aliphatic carbocycles. The van der Waals surface area contributed by atoms with Crippen LogP contribution < -0.4 is 10.1 Å². The van der Waals surface area contributed by atoms with Crippen molar-refractivity contribution in [2.75, 3.05) is 12.4 Å². The number of hydrogen-bond acceptors (Lipinski definition) is 3. The van der Waals surface area contributed by atoms with Gasteiger partial charge >= 0.3 is 0 Å². The van der Waals surface area contributed by atoms with Crippen molar-refractivity contribution in [2.45, 2.75) is 20.0 Å². The third-order valence-electron chi connectivity index (χ3n) is 4.30. The van der Waals surface area contributed by atoms with E-state index in [1.807, 2.05) is 48.2 Å². The van der Waals surface area contributed by atoms with Crippen molar-refractivity contribution in [1.29, 1.82) is 0 Å². The standard InChI is InChI=1S/C22H22FN3OS/c1-16-9-10-20(21(12-16)27-2)25-22(28)26(14-17-6-5-11-24-13-17)15-18-7-3-4-8-19(18)23/h3-13H,14-15H2,1-2H3,(H,25,28). The number of benzene rings is 2. The molecule has 1 aromatic heterocycles. The number of halogens is 1. The second kappa shape index (κ2) is 9.28. The highest BCUT2D eigenvalue weighted by Crippen LogP contribution is 2.26. The summed E-state index contributed by atoms with van der Waals surface area (Å²) in [6.45, 7) is 2.83. The van der Waals surface area contributed by atoms with Gasteiger partial charge in [0.1, 0.15) is 11.6 Å². The van der Waals surface area contributed by atoms with Gasteiger partial charge in [0.25, 0.3) is 0 Å². The van der Waals surface area contributed by atoms with Crippen LogP contribution in [0.5, 0.6) is 5.75 Å². The van der Waals surface area contributed by atoms with E-state index in [4.69, 9.17) is 17.0 Å². The maximum Gasteiger partial charge on any atom is 0.174 e. The fourth-order valence-electron chi connectivity index (χ4n) is 2.84. The fraction of sp³-hybridized carbons (Fsp3) is 0.182. The van der Waals surface area contributed by atoms with E-state index in [9.17, 15) is 4.39 Å². The number of thiocarbonyl (C=S) groups is 1. The Hall–Kier alpha value is -2.99. The van der Waals surface area contributed by atoms with Crippen molar-refractivity contribution < 1.29 is 9.13 Å². The van der Waals surface area contributed by atoms with Crippen LogP contribution in [0.25, 0.3) is 0 Å². The zero-order chi connectivity index (χ0) is 19.9. The second-order valence-corrected chi connectivity index (χ2v) is 6.83. The van der Waals surface area contributed by atoms with Gasteiger partial charge in [0, 0.05) is 31.0 Å². The molecule has 28 heavy (non-hydrogen) atoms. The third-order valence-corrected chi connectivity index (χ3v) is 4.66. The smallest absolute Gasteiger partial charge is 0.174 e. The second-order valence-electron chi connectivity index (χ2n) is 6.44. The van der Waals surface area contributed by atoms with Crippen LogP contribution >= 0.6 is 12.2 Å². The zero-order valence-corrected chi connectivity index (χ0v) is 16.7. The monoisotopic (exact) mass is 395 g/mol. The Morgan fingerprint density at radius 2 is 1.96 bits per heavy atom. The summed E-state index contributed by atoms with van der Waals surface area (Å²) >= 11 is 5.66. The predicted octanol–water partition coefficient (Wildman–Crippen LogP) is 4.94. The van der Waals surface area contributed by atoms with Gasteiger partial charge in [0.05, 0.1) is 12.8 Å². The molecule has 3 rings (SSSR count). The number of pyridine rings is 1. The van der Waals surface area contributed by atoms with Crippen molar-refractivity contribution >= 4 is 23.0 Å². The van der Waals surface area contributed by atoms with Crippen molar-refractivity contribution in [3.63, 3.8) is 0 Å². The molecule has 0 atom stereocenters. The quantitative estimate of drug-likeness (QED) is 0.599. The number of aryl methyl sites for hydroxylation is 1. The van der Waals surface area contributed by atoms with Crippen molar-refractivity contribution in [3.05, 3.63) is 89.5 Å². The molecule has 0 aliphatic heterocycles. The van der Waals surface area contributed by atoms with Gasteiger partial charge in [-0.2, -0.15) is 0 Å². The molecule has 0 saturated carbocycles. The van der Waals surface area contributed by atoms with Gasteiger partial charge in [0.15, 0.2) is 5.11 Å². The van der Waals surface area contributed by atoms with E-state index in [1.54, 1.807) is 31.6 Å². The first-order valence-electron chi connectivity index (χ1n) is 8.89. The molecule has 3 aromatic rings. The number of rotatable bonds is 6. The Morgan fingerprint density at radius 3 is 2.68 bits per heavy atom. The summed E-state index contributed by atoms with van der Waals surface area (Å²) in [7, 11) is 1.62. The van der Waals surface area contributed by atoms with Crippen LogP contribution in [0.15, 0.2) is 67.0 Å². The van der Waals surface area contributed by atoms with E-state index in [0.717, 1.165) is 16.8 Å². The highest BCUT2D eigenvalue weighted by Gasteiger charge is 2.15. The maximum atomic E-state index is 14.2. The minimum Gasteiger partial charge on any atom is -0.495 e. The largest absolute Gasteiger partial charge is 0.495 e. The van der Waals surface area contributed by atoms with Crippen molar-refractivity contribution in [2.24, 2.45) is 0 Å². The lowest BCUT2D eigenvalue weighted by molar-refractivity contribution is 0.400. The number of nitrogens with one attached hydrogen (secondary N) is 1. The molecular weight excluding hydrogens is 373 g/mol. The number of ether oxygens (including phenoxy) is 1. The normalized spacial score (nSPS) is 10.4. The number of aromatic nitrogens is 1. The van der Waals surface area contributed by atoms with Gasteiger partial charge in [-0.25, -0.2) is 4.39 Å². The SMILES string of the molecule is COc1cc(C)ccc1NC(=S)N(Cc1cccnc1)Cc1ccccc1F. The maximum absolute atomic E-state index is 14.2. The molecule has 1 heterocycles. The number of nitrogens with zero attached hydrogens (tertiary/aromatic N) is 2. The van der Waals surface area contributed by atoms with E-state index >= 15 is 0 Å². The van der Waals surface area contributed by atoms with Crippen LogP contribution in [0.3, 0.4) is 0 Å². The van der Waals surface area contributed by atoms with E-state index in [1.165, 1.54) is 6.07 Å². The molecule has 0 bridgehead atoms. The molecule has 6 heteroatoms. The van der Waals surface area contributed by atoms with E-state index < -0.39 is 0 Å². The average molecular weight is 396 g/mol. The zero-order valence-electron chi connectivity index (χ0n) is 15.9. The highest BCUT2D eigenvalue weighted by molar-refractivity contribution is 7.80. The van der Waals surface area contributed by atoms with Gasteiger partial charge < -0.3 is 15.0 Å². The highest BCUT2D eigenvalue weighted by atomic mass is 32.1. The van der Waals surface area contributed by atoms with Gasteiger partial charge in [-0.15, -0.1) is 0 Å². The first-order valence-corrected chi connectivity index (χ1v) is 9.30. The Labute approximate surface area is 170 Å². The molecule has 1 N–H and O–H groups in total. The molecule has 4 nitrogen and oxygen atoms in total. The molecule has 2 aromatic carbocycles. The third kappa shape index (κ3) is 5.04. The molecule has 0 spiro atoms. The summed E-state index contributed by atoms with van der Waals surface area (Å²) in [6.07, 6.45) is 3.50. The van der Waals surface area contributed by atoms with Crippen LogP contribution in [0, 0.1) is 12.7 Å². The van der Waals surface area contributed by atoms with E-state index in [0.29, 0.717) is 29.5 Å². The summed E-state index contributed by atoms with van der Waals surface area (Å²) in [5.74, 6) is 0.448. The summed E-state index contributed by atoms with van der Waals surface area (Å²) in [5, 5.41) is 3.72. The summed E-state index contributed by atoms with van der Waals surface area (Å²) in [4.78, 5) is 6.07. The van der Waals surface area contributed by atoms with Crippen LogP contribution in [-0.4, -0.2) is 22.1 Å². The first kappa shape index (κ1) is 19.8. The van der Waals surface area contributed by atoms with Crippen LogP contribution in [0.2, 0.25) is 0 Å². The van der Waals surface area contributed by atoms with Crippen LogP contribution in [0.4, 0.5) is 10.1 Å². The van der Waals surface area contributed by atoms with Gasteiger partial charge in [-0.05, 0) is 54.5 Å². The minimum atomic E-state index is -0.255.